The predicted molar refractivity (Wildman–Crippen MR) is 91.4 cm³/mol. The standard InChI is InChI=1S/C19H23ClO/c1-3-16-14-18(21-13-5-4-12-20)10-11-19(16)17-8-6-15(2)7-9-17/h6-11,14H,3-5,12-13H2,1-2H3. The smallest absolute Gasteiger partial charge is 0.119 e. The Morgan fingerprint density at radius 2 is 1.76 bits per heavy atom. The summed E-state index contributed by atoms with van der Waals surface area (Å²) in [4.78, 5) is 0. The topological polar surface area (TPSA) is 9.23 Å². The summed E-state index contributed by atoms with van der Waals surface area (Å²) < 4.78 is 5.80. The Morgan fingerprint density at radius 1 is 1.00 bits per heavy atom. The molecule has 0 aliphatic rings. The number of hydrogen-bond donors (Lipinski definition) is 0. The van der Waals surface area contributed by atoms with Gasteiger partial charge in [0.1, 0.15) is 5.75 Å². The highest BCUT2D eigenvalue weighted by Crippen LogP contribution is 2.28. The second-order valence-electron chi connectivity index (χ2n) is 5.28. The van der Waals surface area contributed by atoms with Crippen molar-refractivity contribution in [2.75, 3.05) is 12.5 Å². The molecule has 112 valence electrons. The summed E-state index contributed by atoms with van der Waals surface area (Å²) in [6.07, 6.45) is 3.01. The van der Waals surface area contributed by atoms with E-state index in [9.17, 15) is 0 Å². The fourth-order valence-electron chi connectivity index (χ4n) is 2.35. The Labute approximate surface area is 132 Å². The minimum absolute atomic E-state index is 0.704. The first kappa shape index (κ1) is 15.9. The number of hydrogen-bond acceptors (Lipinski definition) is 1. The van der Waals surface area contributed by atoms with Gasteiger partial charge in [-0.25, -0.2) is 0 Å². The first-order valence-corrected chi connectivity index (χ1v) is 8.16. The summed E-state index contributed by atoms with van der Waals surface area (Å²) in [6.45, 7) is 5.03. The van der Waals surface area contributed by atoms with E-state index in [0.717, 1.165) is 31.6 Å². The van der Waals surface area contributed by atoms with E-state index in [1.807, 2.05) is 0 Å². The number of aryl methyl sites for hydroxylation is 2. The highest BCUT2D eigenvalue weighted by Gasteiger charge is 2.06. The minimum atomic E-state index is 0.704. The van der Waals surface area contributed by atoms with Crippen molar-refractivity contribution in [3.05, 3.63) is 53.6 Å². The Bertz CT molecular complexity index is 560. The van der Waals surface area contributed by atoms with Gasteiger partial charge >= 0.3 is 0 Å². The number of halogens is 1. The molecule has 0 heterocycles. The van der Waals surface area contributed by atoms with E-state index in [4.69, 9.17) is 16.3 Å². The highest BCUT2D eigenvalue weighted by molar-refractivity contribution is 6.17. The van der Waals surface area contributed by atoms with Crippen LogP contribution in [-0.2, 0) is 6.42 Å². The molecule has 2 aromatic carbocycles. The molecule has 21 heavy (non-hydrogen) atoms. The lowest BCUT2D eigenvalue weighted by molar-refractivity contribution is 0.309. The van der Waals surface area contributed by atoms with Crippen molar-refractivity contribution in [3.63, 3.8) is 0 Å². The minimum Gasteiger partial charge on any atom is -0.494 e. The molecule has 0 bridgehead atoms. The van der Waals surface area contributed by atoms with Gasteiger partial charge in [0, 0.05) is 5.88 Å². The van der Waals surface area contributed by atoms with Gasteiger partial charge in [-0.1, -0.05) is 42.8 Å². The average molecular weight is 303 g/mol. The Kier molecular flexibility index (Phi) is 6.13. The predicted octanol–water partition coefficient (Wildman–Crippen LogP) is 5.62. The van der Waals surface area contributed by atoms with Crippen LogP contribution in [0.4, 0.5) is 0 Å². The number of unbranched alkanes of at least 4 members (excludes halogenated alkanes) is 1. The third-order valence-electron chi connectivity index (χ3n) is 3.62. The molecule has 0 N–H and O–H groups in total. The lowest BCUT2D eigenvalue weighted by atomic mass is 9.97. The van der Waals surface area contributed by atoms with E-state index in [1.165, 1.54) is 22.3 Å². The van der Waals surface area contributed by atoms with E-state index < -0.39 is 0 Å². The molecular weight excluding hydrogens is 280 g/mol. The molecule has 0 amide bonds. The van der Waals surface area contributed by atoms with Gasteiger partial charge in [-0.3, -0.25) is 0 Å². The first-order valence-electron chi connectivity index (χ1n) is 7.63. The fourth-order valence-corrected chi connectivity index (χ4v) is 2.54. The van der Waals surface area contributed by atoms with Crippen LogP contribution in [0.1, 0.15) is 30.9 Å². The van der Waals surface area contributed by atoms with Gasteiger partial charge in [0.15, 0.2) is 0 Å². The molecule has 2 heteroatoms. The molecule has 2 aromatic rings. The summed E-state index contributed by atoms with van der Waals surface area (Å²) in [5, 5.41) is 0. The molecule has 0 aliphatic carbocycles. The Morgan fingerprint density at radius 3 is 2.43 bits per heavy atom. The monoisotopic (exact) mass is 302 g/mol. The van der Waals surface area contributed by atoms with E-state index in [-0.39, 0.29) is 0 Å². The van der Waals surface area contributed by atoms with Gasteiger partial charge in [0.25, 0.3) is 0 Å². The van der Waals surface area contributed by atoms with E-state index in [1.54, 1.807) is 0 Å². The molecule has 0 saturated carbocycles. The first-order chi connectivity index (χ1) is 10.2. The summed E-state index contributed by atoms with van der Waals surface area (Å²) in [5.74, 6) is 1.66. The van der Waals surface area contributed by atoms with Gasteiger partial charge < -0.3 is 4.74 Å². The summed E-state index contributed by atoms with van der Waals surface area (Å²) in [6, 6.07) is 15.1. The van der Waals surface area contributed by atoms with Crippen molar-refractivity contribution < 1.29 is 4.74 Å². The lowest BCUT2D eigenvalue weighted by Crippen LogP contribution is -1.99. The Balaban J connectivity index is 2.14. The van der Waals surface area contributed by atoms with Crippen LogP contribution in [0.15, 0.2) is 42.5 Å². The maximum atomic E-state index is 5.80. The van der Waals surface area contributed by atoms with Crippen LogP contribution in [0.25, 0.3) is 11.1 Å². The maximum Gasteiger partial charge on any atom is 0.119 e. The number of benzene rings is 2. The molecule has 0 aromatic heterocycles. The third-order valence-corrected chi connectivity index (χ3v) is 3.88. The third kappa shape index (κ3) is 4.50. The van der Waals surface area contributed by atoms with Crippen molar-refractivity contribution in [1.82, 2.24) is 0 Å². The molecule has 0 unspecified atom stereocenters. The molecule has 0 atom stereocenters. The largest absolute Gasteiger partial charge is 0.494 e. The molecule has 0 saturated heterocycles. The summed E-state index contributed by atoms with van der Waals surface area (Å²) in [5.41, 5.74) is 5.18. The van der Waals surface area contributed by atoms with Gasteiger partial charge in [-0.15, -0.1) is 11.6 Å². The zero-order valence-electron chi connectivity index (χ0n) is 12.9. The van der Waals surface area contributed by atoms with Crippen LogP contribution in [0.2, 0.25) is 0 Å². The SMILES string of the molecule is CCc1cc(OCCCCCl)ccc1-c1ccc(C)cc1. The number of rotatable bonds is 7. The number of alkyl halides is 1. The lowest BCUT2D eigenvalue weighted by Gasteiger charge is -2.12. The molecule has 0 aliphatic heterocycles. The van der Waals surface area contributed by atoms with Crippen molar-refractivity contribution in [1.29, 1.82) is 0 Å². The van der Waals surface area contributed by atoms with Crippen molar-refractivity contribution in [2.45, 2.75) is 33.1 Å². The van der Waals surface area contributed by atoms with E-state index >= 15 is 0 Å². The summed E-state index contributed by atoms with van der Waals surface area (Å²) in [7, 11) is 0. The summed E-state index contributed by atoms with van der Waals surface area (Å²) >= 11 is 5.68. The van der Waals surface area contributed by atoms with Gasteiger partial charge in [-0.2, -0.15) is 0 Å². The second kappa shape index (κ2) is 8.09. The molecule has 2 rings (SSSR count). The van der Waals surface area contributed by atoms with Crippen LogP contribution in [-0.4, -0.2) is 12.5 Å². The second-order valence-corrected chi connectivity index (χ2v) is 5.66. The van der Waals surface area contributed by atoms with Crippen molar-refractivity contribution >= 4 is 11.6 Å². The van der Waals surface area contributed by atoms with Gasteiger partial charge in [0.2, 0.25) is 0 Å². The van der Waals surface area contributed by atoms with E-state index in [0.29, 0.717) is 5.88 Å². The zero-order valence-corrected chi connectivity index (χ0v) is 13.6. The molecule has 0 fully saturated rings. The van der Waals surface area contributed by atoms with Crippen LogP contribution in [0, 0.1) is 6.92 Å². The van der Waals surface area contributed by atoms with Gasteiger partial charge in [0.05, 0.1) is 6.61 Å². The zero-order chi connectivity index (χ0) is 15.1. The normalized spacial score (nSPS) is 10.6. The van der Waals surface area contributed by atoms with Gasteiger partial charge in [-0.05, 0) is 55.0 Å². The highest BCUT2D eigenvalue weighted by atomic mass is 35.5. The molecular formula is C19H23ClO. The molecule has 1 nitrogen and oxygen atoms in total. The maximum absolute atomic E-state index is 5.80. The van der Waals surface area contributed by atoms with E-state index in [2.05, 4.69) is 56.3 Å². The average Bonchev–Trinajstić information content (AvgIpc) is 2.52. The van der Waals surface area contributed by atoms with Crippen LogP contribution >= 0.6 is 11.6 Å². The molecule has 0 radical (unpaired) electrons. The van der Waals surface area contributed by atoms with Crippen molar-refractivity contribution in [3.8, 4) is 16.9 Å². The van der Waals surface area contributed by atoms with Crippen LogP contribution in [0.5, 0.6) is 5.75 Å². The van der Waals surface area contributed by atoms with Crippen LogP contribution in [0.3, 0.4) is 0 Å². The van der Waals surface area contributed by atoms with Crippen molar-refractivity contribution in [2.24, 2.45) is 0 Å². The van der Waals surface area contributed by atoms with Crippen LogP contribution < -0.4 is 4.74 Å². The fraction of sp³-hybridized carbons (Fsp3) is 0.368. The molecule has 0 spiro atoms. The number of ether oxygens (including phenoxy) is 1. The Hall–Kier alpha value is -1.47. The quantitative estimate of drug-likeness (QED) is 0.476.